The minimum absolute atomic E-state index is 0.0475. The van der Waals surface area contributed by atoms with Gasteiger partial charge in [-0.05, 0) is 122 Å². The van der Waals surface area contributed by atoms with Crippen molar-refractivity contribution in [3.63, 3.8) is 0 Å². The molecule has 0 bridgehead atoms. The Hall–Kier alpha value is -3.03. The van der Waals surface area contributed by atoms with E-state index in [1.807, 2.05) is 0 Å². The molecule has 8 nitrogen and oxygen atoms in total. The molecule has 270 valence electrons. The van der Waals surface area contributed by atoms with Crippen molar-refractivity contribution in [2.24, 2.45) is 62.6 Å². The number of hydrogen-bond donors (Lipinski definition) is 0. The van der Waals surface area contributed by atoms with Gasteiger partial charge in [0.25, 0.3) is 0 Å². The first-order valence-electron chi connectivity index (χ1n) is 18.3. The molecular weight excluding hydrogens is 620 g/mol. The minimum atomic E-state index is -0.676. The van der Waals surface area contributed by atoms with Crippen LogP contribution in [0.5, 0.6) is 11.5 Å². The van der Waals surface area contributed by atoms with Gasteiger partial charge < -0.3 is 23.7 Å². The maximum absolute atomic E-state index is 14.1. The van der Waals surface area contributed by atoms with Gasteiger partial charge in [0.15, 0.2) is 11.5 Å². The Bertz CT molecular complexity index is 1530. The van der Waals surface area contributed by atoms with Crippen LogP contribution in [0.25, 0.3) is 0 Å². The normalized spacial score (nSPS) is 41.6. The van der Waals surface area contributed by atoms with E-state index in [1.165, 1.54) is 19.8 Å². The van der Waals surface area contributed by atoms with Gasteiger partial charge in [-0.15, -0.1) is 0 Å². The van der Waals surface area contributed by atoms with Crippen molar-refractivity contribution in [1.82, 2.24) is 0 Å². The van der Waals surface area contributed by atoms with Crippen molar-refractivity contribution >= 4 is 17.9 Å². The minimum Gasteiger partial charge on any atom is -0.493 e. The van der Waals surface area contributed by atoms with Crippen LogP contribution < -0.4 is 9.47 Å². The van der Waals surface area contributed by atoms with Gasteiger partial charge in [-0.25, -0.2) is 4.79 Å². The predicted octanol–water partition coefficient (Wildman–Crippen LogP) is 8.07. The summed E-state index contributed by atoms with van der Waals surface area (Å²) in [4.78, 5) is 41.7. The predicted molar refractivity (Wildman–Crippen MR) is 186 cm³/mol. The molecule has 0 aliphatic heterocycles. The number of ether oxygens (including phenoxy) is 5. The van der Waals surface area contributed by atoms with Gasteiger partial charge in [0.05, 0.1) is 39.4 Å². The standard InChI is InChI=1S/C41H58O8/c1-23(2)25-16-19-41(36(44)48-11)21-20-38(5)26(31(25)41)13-15-30-39(38,6)18-17-29-37(3,4)33(32(35(43)47-10)40(29,30)7)49-34(42)24-12-14-27(45-8)28(22-24)46-9/h12,14,22,25-26,29-33H,1,13,15-21H2,2-11H3. The molecule has 0 saturated heterocycles. The van der Waals surface area contributed by atoms with E-state index < -0.39 is 34.2 Å². The summed E-state index contributed by atoms with van der Waals surface area (Å²) in [7, 11) is 6.08. The summed E-state index contributed by atoms with van der Waals surface area (Å²) in [6.45, 7) is 18.2. The number of hydrogen-bond acceptors (Lipinski definition) is 8. The van der Waals surface area contributed by atoms with E-state index in [1.54, 1.807) is 32.4 Å². The lowest BCUT2D eigenvalue weighted by atomic mass is 9.34. The zero-order valence-electron chi connectivity index (χ0n) is 31.4. The molecule has 5 fully saturated rings. The summed E-state index contributed by atoms with van der Waals surface area (Å²) < 4.78 is 28.5. The van der Waals surface area contributed by atoms with Crippen LogP contribution >= 0.6 is 0 Å². The summed E-state index contributed by atoms with van der Waals surface area (Å²) in [6, 6.07) is 4.99. The van der Waals surface area contributed by atoms with Gasteiger partial charge >= 0.3 is 17.9 Å². The van der Waals surface area contributed by atoms with Gasteiger partial charge in [-0.2, -0.15) is 0 Å². The van der Waals surface area contributed by atoms with E-state index in [0.717, 1.165) is 51.4 Å². The van der Waals surface area contributed by atoms with Crippen LogP contribution in [0.3, 0.4) is 0 Å². The summed E-state index contributed by atoms with van der Waals surface area (Å²) in [5.74, 6) is 0.653. The fraction of sp³-hybridized carbons (Fsp3) is 0.732. The first kappa shape index (κ1) is 35.8. The van der Waals surface area contributed by atoms with E-state index >= 15 is 0 Å². The highest BCUT2D eigenvalue weighted by molar-refractivity contribution is 5.91. The van der Waals surface area contributed by atoms with Gasteiger partial charge in [-0.3, -0.25) is 9.59 Å². The highest BCUT2D eigenvalue weighted by atomic mass is 16.6. The van der Waals surface area contributed by atoms with Crippen LogP contribution in [0.1, 0.15) is 103 Å². The Morgan fingerprint density at radius 1 is 0.776 bits per heavy atom. The molecule has 49 heavy (non-hydrogen) atoms. The van der Waals surface area contributed by atoms with Crippen LogP contribution in [0, 0.1) is 62.6 Å². The summed E-state index contributed by atoms with van der Waals surface area (Å²) in [5, 5.41) is 0. The van der Waals surface area contributed by atoms with Gasteiger partial charge in [0.1, 0.15) is 12.0 Å². The lowest BCUT2D eigenvalue weighted by molar-refractivity contribution is -0.229. The number of benzene rings is 1. The second-order valence-electron chi connectivity index (χ2n) is 17.4. The van der Waals surface area contributed by atoms with Crippen LogP contribution in [0.2, 0.25) is 0 Å². The molecule has 0 radical (unpaired) electrons. The monoisotopic (exact) mass is 678 g/mol. The van der Waals surface area contributed by atoms with E-state index in [-0.39, 0.29) is 40.5 Å². The Kier molecular flexibility index (Phi) is 8.79. The Balaban J connectivity index is 1.40. The van der Waals surface area contributed by atoms with Gasteiger partial charge in [0, 0.05) is 5.41 Å². The van der Waals surface area contributed by atoms with Crippen molar-refractivity contribution in [2.75, 3.05) is 28.4 Å². The van der Waals surface area contributed by atoms with Crippen molar-refractivity contribution in [2.45, 2.75) is 99.0 Å². The molecule has 8 heteroatoms. The first-order chi connectivity index (χ1) is 23.0. The Morgan fingerprint density at radius 3 is 2.08 bits per heavy atom. The SMILES string of the molecule is C=C(C)C1CCC2(C(=O)OC)CCC3(C)C(CCC4C5(C)C(C(=O)OC)C(OC(=O)c6ccc(OC)c(OC)c6)C(C)(C)C5CCC43C)C12. The average molecular weight is 679 g/mol. The molecular formula is C41H58O8. The smallest absolute Gasteiger partial charge is 0.338 e. The molecule has 6 rings (SSSR count). The van der Waals surface area contributed by atoms with E-state index in [2.05, 4.69) is 48.1 Å². The zero-order valence-corrected chi connectivity index (χ0v) is 31.4. The number of allylic oxidation sites excluding steroid dienone is 1. The molecule has 0 spiro atoms. The molecule has 11 unspecified atom stereocenters. The molecule has 0 amide bonds. The molecule has 5 aliphatic rings. The molecule has 11 atom stereocenters. The van der Waals surface area contributed by atoms with Crippen LogP contribution in [-0.2, 0) is 23.8 Å². The molecule has 5 aliphatic carbocycles. The largest absolute Gasteiger partial charge is 0.493 e. The third-order valence-electron chi connectivity index (χ3n) is 15.7. The lowest BCUT2D eigenvalue weighted by Gasteiger charge is -2.70. The Morgan fingerprint density at radius 2 is 1.47 bits per heavy atom. The third kappa shape index (κ3) is 4.70. The second kappa shape index (κ2) is 12.0. The maximum atomic E-state index is 14.1. The molecule has 0 aromatic heterocycles. The average Bonchev–Trinajstić information content (AvgIpc) is 3.55. The van der Waals surface area contributed by atoms with Gasteiger partial charge in [0.2, 0.25) is 0 Å². The zero-order chi connectivity index (χ0) is 35.9. The summed E-state index contributed by atoms with van der Waals surface area (Å²) >= 11 is 0. The summed E-state index contributed by atoms with van der Waals surface area (Å²) in [6.07, 6.45) is 6.81. The highest BCUT2D eigenvalue weighted by Crippen LogP contribution is 2.79. The number of carbonyl (C=O) groups excluding carboxylic acids is 3. The van der Waals surface area contributed by atoms with Crippen LogP contribution in [-0.4, -0.2) is 52.5 Å². The van der Waals surface area contributed by atoms with Crippen molar-refractivity contribution in [3.05, 3.63) is 35.9 Å². The summed E-state index contributed by atoms with van der Waals surface area (Å²) in [5.41, 5.74) is -0.0531. The quantitative estimate of drug-likeness (QED) is 0.162. The molecule has 0 N–H and O–H groups in total. The van der Waals surface area contributed by atoms with E-state index in [0.29, 0.717) is 28.9 Å². The van der Waals surface area contributed by atoms with Gasteiger partial charge in [-0.1, -0.05) is 46.8 Å². The molecule has 5 saturated carbocycles. The fourth-order valence-corrected chi connectivity index (χ4v) is 13.4. The first-order valence-corrected chi connectivity index (χ1v) is 18.3. The van der Waals surface area contributed by atoms with E-state index in [4.69, 9.17) is 23.7 Å². The van der Waals surface area contributed by atoms with Crippen molar-refractivity contribution in [1.29, 1.82) is 0 Å². The van der Waals surface area contributed by atoms with Crippen molar-refractivity contribution < 1.29 is 38.1 Å². The highest BCUT2D eigenvalue weighted by Gasteiger charge is 2.76. The van der Waals surface area contributed by atoms with Crippen molar-refractivity contribution in [3.8, 4) is 11.5 Å². The Labute approximate surface area is 293 Å². The maximum Gasteiger partial charge on any atom is 0.338 e. The molecule has 1 aromatic carbocycles. The van der Waals surface area contributed by atoms with E-state index in [9.17, 15) is 14.4 Å². The number of carbonyl (C=O) groups is 3. The fourth-order valence-electron chi connectivity index (χ4n) is 13.4. The topological polar surface area (TPSA) is 97.4 Å². The second-order valence-corrected chi connectivity index (χ2v) is 17.4. The van der Waals surface area contributed by atoms with Crippen LogP contribution in [0.15, 0.2) is 30.4 Å². The molecule has 1 aromatic rings. The van der Waals surface area contributed by atoms with Crippen LogP contribution in [0.4, 0.5) is 0 Å². The lowest BCUT2D eigenvalue weighted by Crippen LogP contribution is -2.65. The number of methoxy groups -OCH3 is 4. The molecule has 0 heterocycles. The number of fused-ring (bicyclic) bond motifs is 7. The third-order valence-corrected chi connectivity index (χ3v) is 15.7. The number of esters is 3. The number of rotatable bonds is 7.